The molecule has 0 spiro atoms. The summed E-state index contributed by atoms with van der Waals surface area (Å²) in [7, 11) is -1.22. The Labute approximate surface area is 119 Å². The van der Waals surface area contributed by atoms with Gasteiger partial charge >= 0.3 is 0 Å². The number of piperidine rings is 1. The SMILES string of the molecule is Cn1ncnc1CN1CCCC(NS(=O)(=O)C2CC2)C1. The summed E-state index contributed by atoms with van der Waals surface area (Å²) in [5.74, 6) is 0.913. The Bertz CT molecular complexity index is 566. The van der Waals surface area contributed by atoms with E-state index in [1.807, 2.05) is 7.05 Å². The van der Waals surface area contributed by atoms with Crippen molar-refractivity contribution >= 4 is 10.0 Å². The second-order valence-corrected chi connectivity index (χ2v) is 7.73. The molecule has 2 aliphatic rings. The van der Waals surface area contributed by atoms with Gasteiger partial charge in [-0.3, -0.25) is 9.58 Å². The predicted molar refractivity (Wildman–Crippen MR) is 74.4 cm³/mol. The average molecular weight is 299 g/mol. The van der Waals surface area contributed by atoms with E-state index < -0.39 is 10.0 Å². The van der Waals surface area contributed by atoms with Crippen LogP contribution in [0, 0.1) is 0 Å². The molecule has 1 N–H and O–H groups in total. The highest BCUT2D eigenvalue weighted by Crippen LogP contribution is 2.28. The number of aryl methyl sites for hydroxylation is 1. The van der Waals surface area contributed by atoms with Gasteiger partial charge in [0.15, 0.2) is 0 Å². The Hall–Kier alpha value is -0.990. The maximum absolute atomic E-state index is 12.0. The molecule has 112 valence electrons. The second kappa shape index (κ2) is 5.42. The Morgan fingerprint density at radius 3 is 2.85 bits per heavy atom. The molecule has 0 aromatic carbocycles. The molecular weight excluding hydrogens is 278 g/mol. The molecule has 1 saturated carbocycles. The van der Waals surface area contributed by atoms with Crippen LogP contribution >= 0.6 is 0 Å². The third-order valence-electron chi connectivity index (χ3n) is 3.97. The van der Waals surface area contributed by atoms with Crippen LogP contribution in [0.2, 0.25) is 0 Å². The molecule has 0 bridgehead atoms. The lowest BCUT2D eigenvalue weighted by molar-refractivity contribution is 0.188. The number of hydrogen-bond donors (Lipinski definition) is 1. The summed E-state index contributed by atoms with van der Waals surface area (Å²) < 4.78 is 28.6. The van der Waals surface area contributed by atoms with Gasteiger partial charge in [0.05, 0.1) is 11.8 Å². The van der Waals surface area contributed by atoms with Crippen molar-refractivity contribution in [2.24, 2.45) is 7.05 Å². The van der Waals surface area contributed by atoms with Crippen molar-refractivity contribution in [1.29, 1.82) is 0 Å². The number of nitrogens with zero attached hydrogens (tertiary/aromatic N) is 4. The van der Waals surface area contributed by atoms with Gasteiger partial charge in [-0.25, -0.2) is 18.1 Å². The zero-order valence-corrected chi connectivity index (χ0v) is 12.5. The van der Waals surface area contributed by atoms with Gasteiger partial charge in [-0.15, -0.1) is 0 Å². The summed E-state index contributed by atoms with van der Waals surface area (Å²) in [5.41, 5.74) is 0. The lowest BCUT2D eigenvalue weighted by Crippen LogP contribution is -2.48. The van der Waals surface area contributed by atoms with Gasteiger partial charge in [-0.05, 0) is 32.2 Å². The molecule has 1 aliphatic heterocycles. The van der Waals surface area contributed by atoms with Crippen LogP contribution in [-0.2, 0) is 23.6 Å². The monoisotopic (exact) mass is 299 g/mol. The first-order valence-electron chi connectivity index (χ1n) is 7.11. The van der Waals surface area contributed by atoms with Crippen LogP contribution < -0.4 is 4.72 Å². The van der Waals surface area contributed by atoms with E-state index in [1.54, 1.807) is 11.0 Å². The molecule has 20 heavy (non-hydrogen) atoms. The smallest absolute Gasteiger partial charge is 0.214 e. The highest BCUT2D eigenvalue weighted by atomic mass is 32.2. The van der Waals surface area contributed by atoms with E-state index in [4.69, 9.17) is 0 Å². The van der Waals surface area contributed by atoms with Crippen LogP contribution in [0.15, 0.2) is 6.33 Å². The van der Waals surface area contributed by atoms with Crippen LogP contribution in [0.4, 0.5) is 0 Å². The van der Waals surface area contributed by atoms with Crippen LogP contribution in [0.25, 0.3) is 0 Å². The number of aromatic nitrogens is 3. The molecule has 1 aliphatic carbocycles. The molecule has 1 aromatic rings. The molecule has 7 nitrogen and oxygen atoms in total. The highest BCUT2D eigenvalue weighted by Gasteiger charge is 2.37. The van der Waals surface area contributed by atoms with E-state index in [-0.39, 0.29) is 11.3 Å². The van der Waals surface area contributed by atoms with Crippen molar-refractivity contribution in [1.82, 2.24) is 24.4 Å². The minimum atomic E-state index is -3.09. The van der Waals surface area contributed by atoms with E-state index in [0.29, 0.717) is 0 Å². The van der Waals surface area contributed by atoms with E-state index in [1.165, 1.54) is 0 Å². The fourth-order valence-corrected chi connectivity index (χ4v) is 4.27. The maximum atomic E-state index is 12.0. The van der Waals surface area contributed by atoms with Gasteiger partial charge in [0, 0.05) is 19.6 Å². The number of nitrogens with one attached hydrogen (secondary N) is 1. The van der Waals surface area contributed by atoms with Gasteiger partial charge in [0.2, 0.25) is 10.0 Å². The third kappa shape index (κ3) is 3.18. The van der Waals surface area contributed by atoms with Crippen molar-refractivity contribution in [3.8, 4) is 0 Å². The molecule has 3 rings (SSSR count). The van der Waals surface area contributed by atoms with E-state index in [2.05, 4.69) is 19.7 Å². The first kappa shape index (κ1) is 14.0. The first-order chi connectivity index (χ1) is 9.54. The number of likely N-dealkylation sites (tertiary alicyclic amines) is 1. The quantitative estimate of drug-likeness (QED) is 0.818. The largest absolute Gasteiger partial charge is 0.294 e. The first-order valence-corrected chi connectivity index (χ1v) is 8.65. The fraction of sp³-hybridized carbons (Fsp3) is 0.833. The minimum Gasteiger partial charge on any atom is -0.294 e. The molecular formula is C12H21N5O2S. The molecule has 2 heterocycles. The number of sulfonamides is 1. The van der Waals surface area contributed by atoms with Crippen molar-refractivity contribution < 1.29 is 8.42 Å². The van der Waals surface area contributed by atoms with E-state index >= 15 is 0 Å². The molecule has 0 radical (unpaired) electrons. The molecule has 8 heteroatoms. The summed E-state index contributed by atoms with van der Waals surface area (Å²) in [5, 5.41) is 3.92. The second-order valence-electron chi connectivity index (χ2n) is 5.74. The predicted octanol–water partition coefficient (Wildman–Crippen LogP) is -0.139. The Balaban J connectivity index is 1.57. The van der Waals surface area contributed by atoms with Crippen molar-refractivity contribution in [2.45, 2.75) is 43.5 Å². The summed E-state index contributed by atoms with van der Waals surface area (Å²) in [6, 6.07) is 0.0302. The fourth-order valence-electron chi connectivity index (χ4n) is 2.67. The van der Waals surface area contributed by atoms with Gasteiger partial charge < -0.3 is 0 Å². The molecule has 2 fully saturated rings. The van der Waals surface area contributed by atoms with E-state index in [0.717, 1.165) is 51.1 Å². The number of rotatable bonds is 5. The van der Waals surface area contributed by atoms with Crippen LogP contribution in [0.1, 0.15) is 31.5 Å². The summed E-state index contributed by atoms with van der Waals surface area (Å²) in [6.07, 6.45) is 5.10. The lowest BCUT2D eigenvalue weighted by Gasteiger charge is -2.32. The van der Waals surface area contributed by atoms with Gasteiger partial charge in [0.1, 0.15) is 12.2 Å². The molecule has 1 aromatic heterocycles. The molecule has 0 amide bonds. The van der Waals surface area contributed by atoms with Gasteiger partial charge in [-0.1, -0.05) is 0 Å². The highest BCUT2D eigenvalue weighted by molar-refractivity contribution is 7.90. The summed E-state index contributed by atoms with van der Waals surface area (Å²) in [4.78, 5) is 6.46. The van der Waals surface area contributed by atoms with E-state index in [9.17, 15) is 8.42 Å². The van der Waals surface area contributed by atoms with Crippen LogP contribution in [-0.4, -0.2) is 52.5 Å². The minimum absolute atomic E-state index is 0.0302. The average Bonchev–Trinajstić information content (AvgIpc) is 3.17. The summed E-state index contributed by atoms with van der Waals surface area (Å²) >= 11 is 0. The zero-order chi connectivity index (χ0) is 14.2. The van der Waals surface area contributed by atoms with Crippen molar-refractivity contribution in [2.75, 3.05) is 13.1 Å². The Kier molecular flexibility index (Phi) is 3.78. The van der Waals surface area contributed by atoms with Gasteiger partial charge in [-0.2, -0.15) is 5.10 Å². The third-order valence-corrected chi connectivity index (χ3v) is 5.98. The van der Waals surface area contributed by atoms with Crippen LogP contribution in [0.3, 0.4) is 0 Å². The molecule has 1 atom stereocenters. The van der Waals surface area contributed by atoms with Crippen LogP contribution in [0.5, 0.6) is 0 Å². The van der Waals surface area contributed by atoms with Gasteiger partial charge in [0.25, 0.3) is 0 Å². The number of hydrogen-bond acceptors (Lipinski definition) is 5. The Morgan fingerprint density at radius 2 is 2.20 bits per heavy atom. The standard InChI is InChI=1S/C12H21N5O2S/c1-16-12(13-9-14-16)8-17-6-2-3-10(7-17)15-20(18,19)11-4-5-11/h9-11,15H,2-8H2,1H3. The zero-order valence-electron chi connectivity index (χ0n) is 11.7. The maximum Gasteiger partial charge on any atom is 0.214 e. The molecule has 1 saturated heterocycles. The topological polar surface area (TPSA) is 80.1 Å². The summed E-state index contributed by atoms with van der Waals surface area (Å²) in [6.45, 7) is 2.45. The molecule has 1 unspecified atom stereocenters. The normalized spacial score (nSPS) is 24.9. The van der Waals surface area contributed by atoms with Crippen molar-refractivity contribution in [3.63, 3.8) is 0 Å². The lowest BCUT2D eigenvalue weighted by atomic mass is 10.1. The van der Waals surface area contributed by atoms with Crippen molar-refractivity contribution in [3.05, 3.63) is 12.2 Å². The Morgan fingerprint density at radius 1 is 1.40 bits per heavy atom.